The molecule has 1 heterocycles. The maximum absolute atomic E-state index is 12.0. The Kier molecular flexibility index (Phi) is 5.69. The molecule has 2 N–H and O–H groups in total. The molecule has 0 fully saturated rings. The predicted octanol–water partition coefficient (Wildman–Crippen LogP) is 1.45. The van der Waals surface area contributed by atoms with Gasteiger partial charge < -0.3 is 15.4 Å². The Morgan fingerprint density at radius 2 is 2.11 bits per heavy atom. The summed E-state index contributed by atoms with van der Waals surface area (Å²) in [6.45, 7) is 7.11. The van der Waals surface area contributed by atoms with Crippen molar-refractivity contribution in [3.8, 4) is 0 Å². The molecule has 1 aromatic rings. The van der Waals surface area contributed by atoms with E-state index in [-0.39, 0.29) is 5.91 Å². The van der Waals surface area contributed by atoms with E-state index in [1.807, 2.05) is 13.8 Å². The molecule has 0 aliphatic heterocycles. The zero-order valence-electron chi connectivity index (χ0n) is 12.0. The Balaban J connectivity index is 2.62. The van der Waals surface area contributed by atoms with E-state index in [9.17, 15) is 4.79 Å². The topological polar surface area (TPSA) is 76.1 Å². The zero-order valence-corrected chi connectivity index (χ0v) is 12.0. The minimum absolute atomic E-state index is 0.253. The third kappa shape index (κ3) is 5.21. The lowest BCUT2D eigenvalue weighted by Gasteiger charge is -2.24. The molecule has 106 valence electrons. The number of aromatic nitrogens is 2. The fraction of sp³-hybridized carbons (Fsp3) is 0.615. The number of carbonyl (C=O) groups excluding carboxylic acids is 1. The van der Waals surface area contributed by atoms with Crippen molar-refractivity contribution in [3.05, 3.63) is 18.1 Å². The third-order valence-corrected chi connectivity index (χ3v) is 2.40. The van der Waals surface area contributed by atoms with Gasteiger partial charge in [-0.05, 0) is 20.3 Å². The average Bonchev–Trinajstić information content (AvgIpc) is 2.36. The number of nitrogens with zero attached hydrogens (tertiary/aromatic N) is 2. The van der Waals surface area contributed by atoms with Crippen molar-refractivity contribution < 1.29 is 9.53 Å². The number of carbonyl (C=O) groups is 1. The number of methoxy groups -OCH3 is 1. The number of ether oxygens (including phenoxy) is 1. The second-order valence-electron chi connectivity index (χ2n) is 4.98. The lowest BCUT2D eigenvalue weighted by Crippen LogP contribution is -2.47. The van der Waals surface area contributed by atoms with Crippen molar-refractivity contribution in [2.24, 2.45) is 0 Å². The number of amides is 1. The van der Waals surface area contributed by atoms with Gasteiger partial charge in [-0.25, -0.2) is 9.97 Å². The van der Waals surface area contributed by atoms with E-state index in [0.29, 0.717) is 18.1 Å². The summed E-state index contributed by atoms with van der Waals surface area (Å²) in [6.07, 6.45) is 4.04. The Morgan fingerprint density at radius 3 is 2.63 bits per heavy atom. The van der Waals surface area contributed by atoms with Crippen LogP contribution in [-0.4, -0.2) is 41.7 Å². The van der Waals surface area contributed by atoms with Crippen LogP contribution in [0.25, 0.3) is 0 Å². The first-order chi connectivity index (χ1) is 8.98. The number of rotatable bonds is 7. The van der Waals surface area contributed by atoms with E-state index in [1.54, 1.807) is 13.3 Å². The van der Waals surface area contributed by atoms with Crippen molar-refractivity contribution in [2.75, 3.05) is 25.6 Å². The van der Waals surface area contributed by atoms with Crippen LogP contribution >= 0.6 is 0 Å². The summed E-state index contributed by atoms with van der Waals surface area (Å²) >= 11 is 0. The molecule has 0 aliphatic carbocycles. The second kappa shape index (κ2) is 7.04. The highest BCUT2D eigenvalue weighted by Gasteiger charge is 2.21. The van der Waals surface area contributed by atoms with Crippen LogP contribution in [0.4, 0.5) is 5.82 Å². The van der Waals surface area contributed by atoms with Crippen molar-refractivity contribution in [3.63, 3.8) is 0 Å². The first-order valence-electron chi connectivity index (χ1n) is 6.36. The molecule has 6 nitrogen and oxygen atoms in total. The number of hydrogen-bond acceptors (Lipinski definition) is 5. The van der Waals surface area contributed by atoms with Crippen molar-refractivity contribution >= 4 is 11.7 Å². The van der Waals surface area contributed by atoms with Gasteiger partial charge in [-0.2, -0.15) is 0 Å². The highest BCUT2D eigenvalue weighted by atomic mass is 16.5. The molecule has 0 saturated heterocycles. The highest BCUT2D eigenvalue weighted by molar-refractivity contribution is 5.92. The molecule has 0 aromatic carbocycles. The van der Waals surface area contributed by atoms with Crippen LogP contribution in [0, 0.1) is 0 Å². The molecule has 1 rings (SSSR count). The van der Waals surface area contributed by atoms with Gasteiger partial charge in [-0.15, -0.1) is 0 Å². The summed E-state index contributed by atoms with van der Waals surface area (Å²) in [5.41, 5.74) is -0.140. The molecule has 19 heavy (non-hydrogen) atoms. The Bertz CT molecular complexity index is 404. The fourth-order valence-electron chi connectivity index (χ4n) is 1.56. The molecular weight excluding hydrogens is 244 g/mol. The molecule has 0 saturated carbocycles. The van der Waals surface area contributed by atoms with Gasteiger partial charge in [0.15, 0.2) is 0 Å². The zero-order chi connectivity index (χ0) is 14.3. The largest absolute Gasteiger partial charge is 0.382 e. The van der Waals surface area contributed by atoms with Crippen molar-refractivity contribution in [1.82, 2.24) is 15.3 Å². The quantitative estimate of drug-likeness (QED) is 0.781. The minimum atomic E-state index is -0.438. The van der Waals surface area contributed by atoms with E-state index in [1.165, 1.54) is 6.20 Å². The summed E-state index contributed by atoms with van der Waals surface area (Å²) in [6, 6.07) is 0. The summed E-state index contributed by atoms with van der Waals surface area (Å²) < 4.78 is 5.05. The van der Waals surface area contributed by atoms with Crippen LogP contribution in [-0.2, 0) is 4.74 Å². The van der Waals surface area contributed by atoms with Crippen molar-refractivity contribution in [2.45, 2.75) is 32.7 Å². The molecule has 0 bridgehead atoms. The molecule has 0 aliphatic rings. The van der Waals surface area contributed by atoms with E-state index < -0.39 is 5.54 Å². The van der Waals surface area contributed by atoms with Gasteiger partial charge in [0.1, 0.15) is 11.5 Å². The van der Waals surface area contributed by atoms with Crippen LogP contribution in [0.3, 0.4) is 0 Å². The molecular formula is C13H22N4O2. The smallest absolute Gasteiger partial charge is 0.271 e. The van der Waals surface area contributed by atoms with Crippen LogP contribution in [0.5, 0.6) is 0 Å². The normalized spacial score (nSPS) is 11.2. The predicted molar refractivity (Wildman–Crippen MR) is 74.2 cm³/mol. The van der Waals surface area contributed by atoms with Crippen LogP contribution in [0.1, 0.15) is 37.7 Å². The maximum atomic E-state index is 12.0. The SMILES string of the molecule is CCCNc1cnc(C(=O)NC(C)(C)COC)cn1. The van der Waals surface area contributed by atoms with E-state index >= 15 is 0 Å². The highest BCUT2D eigenvalue weighted by Crippen LogP contribution is 2.06. The molecule has 0 unspecified atom stereocenters. The standard InChI is InChI=1S/C13H22N4O2/c1-5-6-14-11-8-15-10(7-16-11)12(18)17-13(2,3)9-19-4/h7-8H,5-6,9H2,1-4H3,(H,14,16)(H,17,18). The van der Waals surface area contributed by atoms with Gasteiger partial charge in [-0.3, -0.25) is 4.79 Å². The molecule has 0 radical (unpaired) electrons. The summed E-state index contributed by atoms with van der Waals surface area (Å²) in [7, 11) is 1.60. The number of hydrogen-bond donors (Lipinski definition) is 2. The first-order valence-corrected chi connectivity index (χ1v) is 6.36. The van der Waals surface area contributed by atoms with Crippen LogP contribution < -0.4 is 10.6 Å². The van der Waals surface area contributed by atoms with Gasteiger partial charge in [0.25, 0.3) is 5.91 Å². The molecule has 6 heteroatoms. The van der Waals surface area contributed by atoms with Crippen LogP contribution in [0.2, 0.25) is 0 Å². The summed E-state index contributed by atoms with van der Waals surface area (Å²) in [5, 5.41) is 5.95. The summed E-state index contributed by atoms with van der Waals surface area (Å²) in [5.74, 6) is 0.422. The monoisotopic (exact) mass is 266 g/mol. The Morgan fingerprint density at radius 1 is 1.37 bits per heavy atom. The average molecular weight is 266 g/mol. The van der Waals surface area contributed by atoms with Gasteiger partial charge in [0.2, 0.25) is 0 Å². The van der Waals surface area contributed by atoms with Gasteiger partial charge >= 0.3 is 0 Å². The molecule has 0 spiro atoms. The first kappa shape index (κ1) is 15.4. The number of nitrogens with one attached hydrogen (secondary N) is 2. The third-order valence-electron chi connectivity index (χ3n) is 2.40. The fourth-order valence-corrected chi connectivity index (χ4v) is 1.56. The van der Waals surface area contributed by atoms with Gasteiger partial charge in [0, 0.05) is 13.7 Å². The van der Waals surface area contributed by atoms with Gasteiger partial charge in [-0.1, -0.05) is 6.92 Å². The molecule has 1 amide bonds. The van der Waals surface area contributed by atoms with Crippen molar-refractivity contribution in [1.29, 1.82) is 0 Å². The lowest BCUT2D eigenvalue weighted by molar-refractivity contribution is 0.0815. The van der Waals surface area contributed by atoms with E-state index in [4.69, 9.17) is 4.74 Å². The minimum Gasteiger partial charge on any atom is -0.382 e. The molecule has 1 aromatic heterocycles. The number of anilines is 1. The molecule has 0 atom stereocenters. The second-order valence-corrected chi connectivity index (χ2v) is 4.98. The lowest BCUT2D eigenvalue weighted by atomic mass is 10.1. The van der Waals surface area contributed by atoms with Gasteiger partial charge in [0.05, 0.1) is 24.5 Å². The van der Waals surface area contributed by atoms with E-state index in [2.05, 4.69) is 27.5 Å². The maximum Gasteiger partial charge on any atom is 0.271 e. The Hall–Kier alpha value is -1.69. The van der Waals surface area contributed by atoms with E-state index in [0.717, 1.165) is 13.0 Å². The van der Waals surface area contributed by atoms with Crippen LogP contribution in [0.15, 0.2) is 12.4 Å². The summed E-state index contributed by atoms with van der Waals surface area (Å²) in [4.78, 5) is 20.2. The Labute approximate surface area is 114 Å².